The van der Waals surface area contributed by atoms with Gasteiger partial charge in [-0.15, -0.1) is 0 Å². The number of ether oxygens (including phenoxy) is 1. The number of alkyl halides is 3. The quantitative estimate of drug-likeness (QED) is 0.782. The van der Waals surface area contributed by atoms with Crippen molar-refractivity contribution in [2.75, 3.05) is 29.9 Å². The SMILES string of the molecule is O=C(COC(=O)c1ccc2c(c1)NC(=O)[C@@H]1CCCN21)NCC(F)(F)F. The van der Waals surface area contributed by atoms with Crippen molar-refractivity contribution in [2.24, 2.45) is 0 Å². The molecule has 2 amide bonds. The van der Waals surface area contributed by atoms with Gasteiger partial charge in [0.05, 0.1) is 16.9 Å². The summed E-state index contributed by atoms with van der Waals surface area (Å²) in [6.45, 7) is -1.58. The number of rotatable bonds is 4. The van der Waals surface area contributed by atoms with Crippen molar-refractivity contribution < 1.29 is 32.3 Å². The topological polar surface area (TPSA) is 87.7 Å². The standard InChI is InChI=1S/C16H16F3N3O4/c17-16(18,19)8-20-13(23)7-26-15(25)9-3-4-11-10(6-9)21-14(24)12-2-1-5-22(11)12/h3-4,6,12H,1-2,5,7-8H2,(H,20,23)(H,21,24)/t12-/m0/s1. The molecule has 0 radical (unpaired) electrons. The number of anilines is 2. The molecule has 1 atom stereocenters. The molecular weight excluding hydrogens is 355 g/mol. The van der Waals surface area contributed by atoms with E-state index in [9.17, 15) is 27.6 Å². The smallest absolute Gasteiger partial charge is 0.405 e. The Morgan fingerprint density at radius 1 is 1.35 bits per heavy atom. The summed E-state index contributed by atoms with van der Waals surface area (Å²) in [5.41, 5.74) is 1.35. The zero-order chi connectivity index (χ0) is 18.9. The lowest BCUT2D eigenvalue weighted by molar-refractivity contribution is -0.140. The van der Waals surface area contributed by atoms with E-state index >= 15 is 0 Å². The molecule has 0 aromatic heterocycles. The Labute approximate surface area is 146 Å². The molecule has 2 N–H and O–H groups in total. The molecule has 2 aliphatic heterocycles. The van der Waals surface area contributed by atoms with E-state index in [2.05, 4.69) is 5.32 Å². The molecule has 140 valence electrons. The summed E-state index contributed by atoms with van der Waals surface area (Å²) in [4.78, 5) is 37.3. The van der Waals surface area contributed by atoms with Crippen molar-refractivity contribution in [1.82, 2.24) is 5.32 Å². The van der Waals surface area contributed by atoms with Crippen LogP contribution in [0.2, 0.25) is 0 Å². The fourth-order valence-electron chi connectivity index (χ4n) is 3.02. The minimum Gasteiger partial charge on any atom is -0.452 e. The summed E-state index contributed by atoms with van der Waals surface area (Å²) in [6.07, 6.45) is -2.87. The van der Waals surface area contributed by atoms with Gasteiger partial charge in [-0.1, -0.05) is 0 Å². The molecule has 1 aromatic rings. The third-order valence-corrected chi connectivity index (χ3v) is 4.18. The fraction of sp³-hybridized carbons (Fsp3) is 0.438. The van der Waals surface area contributed by atoms with E-state index in [0.29, 0.717) is 5.69 Å². The molecule has 0 bridgehead atoms. The average Bonchev–Trinajstić information content (AvgIpc) is 3.07. The number of nitrogens with zero attached hydrogens (tertiary/aromatic N) is 1. The van der Waals surface area contributed by atoms with Crippen molar-refractivity contribution in [1.29, 1.82) is 0 Å². The van der Waals surface area contributed by atoms with Crippen LogP contribution in [0.15, 0.2) is 18.2 Å². The van der Waals surface area contributed by atoms with Crippen LogP contribution in [0.5, 0.6) is 0 Å². The lowest BCUT2D eigenvalue weighted by Gasteiger charge is -2.33. The number of carbonyl (C=O) groups excluding carboxylic acids is 3. The van der Waals surface area contributed by atoms with E-state index in [-0.39, 0.29) is 17.5 Å². The monoisotopic (exact) mass is 371 g/mol. The predicted octanol–water partition coefficient (Wildman–Crippen LogP) is 1.44. The summed E-state index contributed by atoms with van der Waals surface area (Å²) >= 11 is 0. The highest BCUT2D eigenvalue weighted by atomic mass is 19.4. The first kappa shape index (κ1) is 18.0. The summed E-state index contributed by atoms with van der Waals surface area (Å²) < 4.78 is 40.7. The largest absolute Gasteiger partial charge is 0.452 e. The van der Waals surface area contributed by atoms with Gasteiger partial charge in [-0.25, -0.2) is 4.79 Å². The second kappa shape index (κ2) is 6.85. The first-order valence-electron chi connectivity index (χ1n) is 7.97. The van der Waals surface area contributed by atoms with Crippen LogP contribution >= 0.6 is 0 Å². The molecule has 26 heavy (non-hydrogen) atoms. The molecule has 0 aliphatic carbocycles. The average molecular weight is 371 g/mol. The van der Waals surface area contributed by atoms with Gasteiger partial charge in [0.2, 0.25) is 5.91 Å². The highest BCUT2D eigenvalue weighted by Gasteiger charge is 2.36. The van der Waals surface area contributed by atoms with Crippen molar-refractivity contribution in [3.8, 4) is 0 Å². The number of hydrogen-bond acceptors (Lipinski definition) is 5. The van der Waals surface area contributed by atoms with Gasteiger partial charge in [-0.05, 0) is 31.0 Å². The number of fused-ring (bicyclic) bond motifs is 3. The van der Waals surface area contributed by atoms with Gasteiger partial charge in [0.15, 0.2) is 6.61 Å². The molecule has 0 saturated carbocycles. The molecule has 1 aromatic carbocycles. The molecule has 3 rings (SSSR count). The zero-order valence-electron chi connectivity index (χ0n) is 13.6. The Hall–Kier alpha value is -2.78. The Morgan fingerprint density at radius 2 is 2.12 bits per heavy atom. The van der Waals surface area contributed by atoms with Crippen LogP contribution in [-0.2, 0) is 14.3 Å². The number of benzene rings is 1. The van der Waals surface area contributed by atoms with E-state index in [0.717, 1.165) is 25.1 Å². The highest BCUT2D eigenvalue weighted by Crippen LogP contribution is 2.37. The van der Waals surface area contributed by atoms with Gasteiger partial charge in [0, 0.05) is 6.54 Å². The molecule has 0 unspecified atom stereocenters. The van der Waals surface area contributed by atoms with Gasteiger partial charge >= 0.3 is 12.1 Å². The lowest BCUT2D eigenvalue weighted by Crippen LogP contribution is -2.43. The summed E-state index contributed by atoms with van der Waals surface area (Å²) in [5, 5.41) is 4.34. The maximum absolute atomic E-state index is 12.1. The number of carbonyl (C=O) groups is 3. The van der Waals surface area contributed by atoms with E-state index in [1.165, 1.54) is 12.1 Å². The van der Waals surface area contributed by atoms with E-state index in [4.69, 9.17) is 4.74 Å². The maximum Gasteiger partial charge on any atom is 0.405 e. The minimum atomic E-state index is -4.54. The first-order valence-corrected chi connectivity index (χ1v) is 7.97. The van der Waals surface area contributed by atoms with Gasteiger partial charge in [0.1, 0.15) is 12.6 Å². The van der Waals surface area contributed by atoms with E-state index in [1.807, 2.05) is 4.90 Å². The summed E-state index contributed by atoms with van der Waals surface area (Å²) in [6, 6.07) is 4.38. The molecule has 2 aliphatic rings. The van der Waals surface area contributed by atoms with Crippen LogP contribution < -0.4 is 15.5 Å². The predicted molar refractivity (Wildman–Crippen MR) is 84.8 cm³/mol. The summed E-state index contributed by atoms with van der Waals surface area (Å²) in [5.74, 6) is -2.07. The molecular formula is C16H16F3N3O4. The van der Waals surface area contributed by atoms with Crippen molar-refractivity contribution in [2.45, 2.75) is 25.1 Å². The van der Waals surface area contributed by atoms with Crippen LogP contribution in [-0.4, -0.2) is 49.7 Å². The minimum absolute atomic E-state index is 0.0883. The molecule has 1 fully saturated rings. The third-order valence-electron chi connectivity index (χ3n) is 4.18. The number of amides is 2. The Kier molecular flexibility index (Phi) is 4.75. The van der Waals surface area contributed by atoms with Gasteiger partial charge in [-0.2, -0.15) is 13.2 Å². The second-order valence-electron chi connectivity index (χ2n) is 6.04. The maximum atomic E-state index is 12.1. The number of hydrogen-bond donors (Lipinski definition) is 2. The van der Waals surface area contributed by atoms with Crippen LogP contribution in [0.25, 0.3) is 0 Å². The normalized spacial score (nSPS) is 18.7. The van der Waals surface area contributed by atoms with Crippen LogP contribution in [0.4, 0.5) is 24.5 Å². The molecule has 10 heteroatoms. The van der Waals surface area contributed by atoms with E-state index in [1.54, 1.807) is 11.4 Å². The van der Waals surface area contributed by atoms with Gasteiger partial charge in [0.25, 0.3) is 5.91 Å². The number of halogens is 3. The van der Waals surface area contributed by atoms with Gasteiger partial charge < -0.3 is 20.3 Å². The number of esters is 1. The zero-order valence-corrected chi connectivity index (χ0v) is 13.6. The molecule has 0 spiro atoms. The van der Waals surface area contributed by atoms with Crippen molar-refractivity contribution >= 4 is 29.2 Å². The molecule has 1 saturated heterocycles. The Bertz CT molecular complexity index is 751. The fourth-order valence-corrected chi connectivity index (χ4v) is 3.02. The molecule has 2 heterocycles. The lowest BCUT2D eigenvalue weighted by atomic mass is 10.1. The first-order chi connectivity index (χ1) is 12.2. The third kappa shape index (κ3) is 3.89. The van der Waals surface area contributed by atoms with Crippen LogP contribution in [0.1, 0.15) is 23.2 Å². The number of nitrogens with one attached hydrogen (secondary N) is 2. The summed E-state index contributed by atoms with van der Waals surface area (Å²) in [7, 11) is 0. The van der Waals surface area contributed by atoms with Gasteiger partial charge in [-0.3, -0.25) is 9.59 Å². The Balaban J connectivity index is 1.62. The van der Waals surface area contributed by atoms with Crippen LogP contribution in [0.3, 0.4) is 0 Å². The van der Waals surface area contributed by atoms with E-state index < -0.39 is 31.2 Å². The second-order valence-corrected chi connectivity index (χ2v) is 6.04. The Morgan fingerprint density at radius 3 is 2.85 bits per heavy atom. The van der Waals surface area contributed by atoms with Crippen molar-refractivity contribution in [3.63, 3.8) is 0 Å². The highest BCUT2D eigenvalue weighted by molar-refractivity contribution is 6.05. The van der Waals surface area contributed by atoms with Crippen LogP contribution in [0, 0.1) is 0 Å². The van der Waals surface area contributed by atoms with Crippen molar-refractivity contribution in [3.05, 3.63) is 23.8 Å². The molecule has 7 nitrogen and oxygen atoms in total.